The first-order chi connectivity index (χ1) is 12.7. The van der Waals surface area contributed by atoms with Crippen molar-refractivity contribution in [3.8, 4) is 17.0 Å². The van der Waals surface area contributed by atoms with Gasteiger partial charge >= 0.3 is 0 Å². The Morgan fingerprint density at radius 3 is 2.54 bits per heavy atom. The average molecular weight is 356 g/mol. The van der Waals surface area contributed by atoms with Crippen LogP contribution in [0.15, 0.2) is 35.1 Å². The second-order valence-corrected chi connectivity index (χ2v) is 6.84. The van der Waals surface area contributed by atoms with E-state index in [2.05, 4.69) is 34.0 Å². The molecule has 1 aromatic carbocycles. The fourth-order valence-electron chi connectivity index (χ4n) is 3.15. The van der Waals surface area contributed by atoms with Gasteiger partial charge in [0.15, 0.2) is 0 Å². The summed E-state index contributed by atoms with van der Waals surface area (Å²) >= 11 is 0. The number of hydrogen-bond donors (Lipinski definition) is 1. The van der Waals surface area contributed by atoms with Crippen molar-refractivity contribution in [2.75, 3.05) is 44.7 Å². The van der Waals surface area contributed by atoms with Gasteiger partial charge in [-0.15, -0.1) is 0 Å². The fraction of sp³-hybridized carbons (Fsp3) is 0.500. The minimum absolute atomic E-state index is 0.168. The van der Waals surface area contributed by atoms with Crippen LogP contribution in [-0.4, -0.2) is 54.9 Å². The van der Waals surface area contributed by atoms with Crippen LogP contribution in [0.3, 0.4) is 0 Å². The van der Waals surface area contributed by atoms with Gasteiger partial charge in [-0.3, -0.25) is 4.79 Å². The Hall–Kier alpha value is -2.34. The molecule has 1 fully saturated rings. The van der Waals surface area contributed by atoms with Crippen molar-refractivity contribution in [3.63, 3.8) is 0 Å². The number of piperazine rings is 1. The van der Waals surface area contributed by atoms with Crippen LogP contribution in [0, 0.1) is 0 Å². The van der Waals surface area contributed by atoms with E-state index < -0.39 is 0 Å². The largest absolute Gasteiger partial charge is 0.494 e. The Morgan fingerprint density at radius 2 is 1.85 bits per heavy atom. The lowest BCUT2D eigenvalue weighted by Gasteiger charge is -2.34. The predicted octanol–water partition coefficient (Wildman–Crippen LogP) is 2.76. The number of likely N-dealkylation sites (N-methyl/N-ethyl adjacent to an activating group) is 1. The van der Waals surface area contributed by atoms with Crippen molar-refractivity contribution in [2.45, 2.75) is 26.2 Å². The van der Waals surface area contributed by atoms with Gasteiger partial charge < -0.3 is 14.5 Å². The molecule has 1 aliphatic rings. The maximum atomic E-state index is 11.8. The summed E-state index contributed by atoms with van der Waals surface area (Å²) < 4.78 is 5.78. The van der Waals surface area contributed by atoms with Crippen molar-refractivity contribution in [1.82, 2.24) is 15.1 Å². The van der Waals surface area contributed by atoms with Crippen LogP contribution in [-0.2, 0) is 0 Å². The zero-order valence-electron chi connectivity index (χ0n) is 15.7. The Morgan fingerprint density at radius 1 is 1.12 bits per heavy atom. The number of ether oxygens (including phenoxy) is 1. The molecule has 0 radical (unpaired) electrons. The topological polar surface area (TPSA) is 61.5 Å². The van der Waals surface area contributed by atoms with Crippen LogP contribution in [0.4, 0.5) is 5.69 Å². The summed E-state index contributed by atoms with van der Waals surface area (Å²) in [5.41, 5.74) is 2.53. The van der Waals surface area contributed by atoms with Gasteiger partial charge in [-0.25, -0.2) is 5.10 Å². The molecule has 0 bridgehead atoms. The summed E-state index contributed by atoms with van der Waals surface area (Å²) in [6, 6.07) is 9.62. The summed E-state index contributed by atoms with van der Waals surface area (Å²) in [5.74, 6) is 0.871. The van der Waals surface area contributed by atoms with E-state index in [4.69, 9.17) is 4.74 Å². The molecule has 26 heavy (non-hydrogen) atoms. The van der Waals surface area contributed by atoms with E-state index in [1.807, 2.05) is 24.3 Å². The number of nitrogens with zero attached hydrogens (tertiary/aromatic N) is 3. The van der Waals surface area contributed by atoms with Crippen molar-refractivity contribution in [3.05, 3.63) is 40.7 Å². The minimum atomic E-state index is -0.168. The van der Waals surface area contributed by atoms with Crippen molar-refractivity contribution in [2.24, 2.45) is 0 Å². The van der Waals surface area contributed by atoms with E-state index in [-0.39, 0.29) is 5.56 Å². The summed E-state index contributed by atoms with van der Waals surface area (Å²) in [7, 11) is 2.12. The highest BCUT2D eigenvalue weighted by molar-refractivity contribution is 5.74. The van der Waals surface area contributed by atoms with E-state index in [9.17, 15) is 4.79 Å². The molecule has 3 rings (SSSR count). The second-order valence-electron chi connectivity index (χ2n) is 6.84. The summed E-state index contributed by atoms with van der Waals surface area (Å²) in [6.07, 6.45) is 3.45. The smallest absolute Gasteiger partial charge is 0.266 e. The molecule has 0 amide bonds. The maximum Gasteiger partial charge on any atom is 0.266 e. The highest BCUT2D eigenvalue weighted by Crippen LogP contribution is 2.29. The van der Waals surface area contributed by atoms with Gasteiger partial charge in [-0.1, -0.05) is 19.8 Å². The first-order valence-corrected chi connectivity index (χ1v) is 9.44. The number of nitrogens with one attached hydrogen (secondary N) is 1. The molecule has 1 saturated heterocycles. The number of anilines is 1. The van der Waals surface area contributed by atoms with Crippen molar-refractivity contribution in [1.29, 1.82) is 0 Å². The molecule has 2 heterocycles. The molecule has 1 aromatic heterocycles. The summed E-state index contributed by atoms with van der Waals surface area (Å²) in [4.78, 5) is 16.4. The maximum absolute atomic E-state index is 11.8. The number of rotatable bonds is 7. The van der Waals surface area contributed by atoms with E-state index in [1.165, 1.54) is 12.8 Å². The third-order valence-electron chi connectivity index (χ3n) is 4.78. The van der Waals surface area contributed by atoms with Crippen LogP contribution in [0.5, 0.6) is 5.75 Å². The monoisotopic (exact) mass is 356 g/mol. The molecule has 1 N–H and O–H groups in total. The highest BCUT2D eigenvalue weighted by Gasteiger charge is 2.19. The Labute approximate surface area is 154 Å². The zero-order valence-corrected chi connectivity index (χ0v) is 15.7. The Kier molecular flexibility index (Phi) is 6.28. The van der Waals surface area contributed by atoms with Crippen LogP contribution in [0.1, 0.15) is 26.2 Å². The zero-order chi connectivity index (χ0) is 18.4. The van der Waals surface area contributed by atoms with Gasteiger partial charge in [0, 0.05) is 37.8 Å². The first-order valence-electron chi connectivity index (χ1n) is 9.44. The lowest BCUT2D eigenvalue weighted by molar-refractivity contribution is 0.306. The van der Waals surface area contributed by atoms with Gasteiger partial charge in [-0.05, 0) is 37.7 Å². The first kappa shape index (κ1) is 18.5. The Balaban J connectivity index is 1.77. The molecule has 6 nitrogen and oxygen atoms in total. The molecule has 2 aromatic rings. The number of hydrogen-bond acceptors (Lipinski definition) is 5. The number of unbranched alkanes of at least 4 members (excludes halogenated alkanes) is 2. The van der Waals surface area contributed by atoms with Crippen molar-refractivity contribution >= 4 is 5.69 Å². The molecule has 140 valence electrons. The highest BCUT2D eigenvalue weighted by atomic mass is 16.5. The molecule has 0 spiro atoms. The van der Waals surface area contributed by atoms with Crippen molar-refractivity contribution < 1.29 is 4.74 Å². The SMILES string of the molecule is CCCCCOc1ccc(-c2n[nH]c(=O)cc2N2CCN(C)CC2)cc1. The average Bonchev–Trinajstić information content (AvgIpc) is 2.66. The fourth-order valence-corrected chi connectivity index (χ4v) is 3.15. The second kappa shape index (κ2) is 8.85. The molecule has 0 unspecified atom stereocenters. The lowest BCUT2D eigenvalue weighted by atomic mass is 10.1. The summed E-state index contributed by atoms with van der Waals surface area (Å²) in [6.45, 7) is 6.69. The van der Waals surface area contributed by atoms with E-state index in [1.54, 1.807) is 6.07 Å². The normalized spacial score (nSPS) is 15.2. The van der Waals surface area contributed by atoms with E-state index in [0.717, 1.165) is 61.9 Å². The van der Waals surface area contributed by atoms with Gasteiger partial charge in [0.25, 0.3) is 5.56 Å². The minimum Gasteiger partial charge on any atom is -0.494 e. The Bertz CT molecular complexity index is 749. The lowest BCUT2D eigenvalue weighted by Crippen LogP contribution is -2.45. The third-order valence-corrected chi connectivity index (χ3v) is 4.78. The standard InChI is InChI=1S/C20H28N4O2/c1-3-4-5-14-26-17-8-6-16(7-9-17)20-18(15-19(25)21-22-20)24-12-10-23(2)11-13-24/h6-9,15H,3-5,10-14H2,1-2H3,(H,21,25). The van der Waals surface area contributed by atoms with E-state index >= 15 is 0 Å². The van der Waals surface area contributed by atoms with E-state index in [0.29, 0.717) is 0 Å². The third kappa shape index (κ3) is 4.64. The van der Waals surface area contributed by atoms with Gasteiger partial charge in [0.1, 0.15) is 11.4 Å². The number of aromatic amines is 1. The number of aromatic nitrogens is 2. The quantitative estimate of drug-likeness (QED) is 0.773. The van der Waals surface area contributed by atoms with Crippen LogP contribution in [0.25, 0.3) is 11.3 Å². The molecular formula is C20H28N4O2. The van der Waals surface area contributed by atoms with Crippen LogP contribution >= 0.6 is 0 Å². The number of H-pyrrole nitrogens is 1. The van der Waals surface area contributed by atoms with Gasteiger partial charge in [-0.2, -0.15) is 5.10 Å². The number of benzene rings is 1. The molecule has 0 atom stereocenters. The van der Waals surface area contributed by atoms with Crippen LogP contribution in [0.2, 0.25) is 0 Å². The molecule has 6 heteroatoms. The predicted molar refractivity (Wildman–Crippen MR) is 105 cm³/mol. The summed E-state index contributed by atoms with van der Waals surface area (Å²) in [5, 5.41) is 6.90. The molecular weight excluding hydrogens is 328 g/mol. The molecule has 0 saturated carbocycles. The van der Waals surface area contributed by atoms with Gasteiger partial charge in [0.2, 0.25) is 0 Å². The van der Waals surface area contributed by atoms with Gasteiger partial charge in [0.05, 0.1) is 12.3 Å². The van der Waals surface area contributed by atoms with Crippen LogP contribution < -0.4 is 15.2 Å². The molecule has 0 aliphatic carbocycles. The molecule has 1 aliphatic heterocycles.